The van der Waals surface area contributed by atoms with Crippen LogP contribution in [-0.2, 0) is 32.5 Å². The molecule has 4 nitrogen and oxygen atoms in total. The molecule has 0 aliphatic rings. The molecule has 0 heterocycles. The highest BCUT2D eigenvalue weighted by Gasteiger charge is 2.55. The summed E-state index contributed by atoms with van der Waals surface area (Å²) in [7, 11) is -9.53. The second-order valence-electron chi connectivity index (χ2n) is 19.9. The highest BCUT2D eigenvalue weighted by molar-refractivity contribution is 7.69. The van der Waals surface area contributed by atoms with Crippen molar-refractivity contribution >= 4 is 26.7 Å². The van der Waals surface area contributed by atoms with Crippen molar-refractivity contribution in [2.45, 2.75) is 157 Å². The molecule has 0 amide bonds. The van der Waals surface area contributed by atoms with E-state index in [1.165, 1.54) is 0 Å². The van der Waals surface area contributed by atoms with E-state index in [4.69, 9.17) is 9.05 Å². The Labute approximate surface area is 303 Å². The van der Waals surface area contributed by atoms with Gasteiger partial charge in [-0.05, 0) is 44.6 Å². The van der Waals surface area contributed by atoms with Crippen molar-refractivity contribution in [1.82, 2.24) is 0 Å². The van der Waals surface area contributed by atoms with E-state index in [-0.39, 0.29) is 22.1 Å². The van der Waals surface area contributed by atoms with Crippen LogP contribution in [0.1, 0.15) is 158 Å². The van der Waals surface area contributed by atoms with Gasteiger partial charge in [-0.2, -0.15) is 9.79 Å². The summed E-state index contributed by atoms with van der Waals surface area (Å²) in [4.78, 5) is 23.9. The Bertz CT molecular complexity index is 1510. The van der Waals surface area contributed by atoms with Crippen LogP contribution in [0.2, 0.25) is 0 Å². The van der Waals surface area contributed by atoms with Gasteiger partial charge in [0.2, 0.25) is 10.6 Å². The van der Waals surface area contributed by atoms with Crippen LogP contribution in [-0.4, -0.2) is 9.79 Å². The Hall–Kier alpha value is -2.10. The topological polar surface area (TPSA) is 58.9 Å². The van der Waals surface area contributed by atoms with Crippen LogP contribution in [0.15, 0.2) is 48.5 Å². The lowest BCUT2D eigenvalue weighted by Crippen LogP contribution is -2.33. The lowest BCUT2D eigenvalue weighted by atomic mass is 9.80. The predicted molar refractivity (Wildman–Crippen MR) is 213 cm³/mol. The number of hydrogen-bond acceptors (Lipinski definition) is 4. The summed E-state index contributed by atoms with van der Waals surface area (Å²) in [5.41, 5.74) is 0.526. The molecule has 2 unspecified atom stereocenters. The summed E-state index contributed by atoms with van der Waals surface area (Å²) >= 11 is 0. The first kappa shape index (κ1) is 42.3. The van der Waals surface area contributed by atoms with Crippen molar-refractivity contribution in [3.8, 4) is 11.5 Å². The Morgan fingerprint density at radius 1 is 0.400 bits per heavy atom. The molecule has 3 rings (SSSR count). The van der Waals surface area contributed by atoms with E-state index in [0.29, 0.717) is 33.4 Å². The van der Waals surface area contributed by atoms with Gasteiger partial charge in [0.25, 0.3) is 0 Å². The van der Waals surface area contributed by atoms with Crippen molar-refractivity contribution in [1.29, 1.82) is 0 Å². The second-order valence-corrected chi connectivity index (χ2v) is 23.2. The van der Waals surface area contributed by atoms with Crippen molar-refractivity contribution in [2.24, 2.45) is 0 Å². The van der Waals surface area contributed by atoms with Crippen molar-refractivity contribution < 1.29 is 27.2 Å². The van der Waals surface area contributed by atoms with E-state index in [9.17, 15) is 9.79 Å². The lowest BCUT2D eigenvalue weighted by molar-refractivity contribution is 0.389. The van der Waals surface area contributed by atoms with Gasteiger partial charge in [0.1, 0.15) is 0 Å². The molecule has 8 heteroatoms. The maximum atomic E-state index is 17.3. The third-order valence-electron chi connectivity index (χ3n) is 8.99. The maximum Gasteiger partial charge on any atom is 0.542 e. The molecule has 0 saturated carbocycles. The van der Waals surface area contributed by atoms with E-state index >= 15 is 8.39 Å². The molecule has 278 valence electrons. The molecule has 0 saturated heterocycles. The number of benzene rings is 3. The van der Waals surface area contributed by atoms with Gasteiger partial charge in [0, 0.05) is 41.8 Å². The van der Waals surface area contributed by atoms with Crippen LogP contribution in [0.4, 0.5) is 8.39 Å². The van der Waals surface area contributed by atoms with Gasteiger partial charge in [-0.15, -0.1) is 0 Å². The first-order valence-corrected chi connectivity index (χ1v) is 20.7. The van der Waals surface area contributed by atoms with E-state index in [2.05, 4.69) is 0 Å². The summed E-state index contributed by atoms with van der Waals surface area (Å²) in [5.74, 6) is 0.311. The molecule has 0 aliphatic heterocycles. The van der Waals surface area contributed by atoms with Crippen LogP contribution in [0.5, 0.6) is 11.5 Å². The van der Waals surface area contributed by atoms with Crippen LogP contribution < -0.4 is 19.7 Å². The van der Waals surface area contributed by atoms with Crippen molar-refractivity contribution in [3.05, 3.63) is 81.9 Å². The first-order valence-electron chi connectivity index (χ1n) is 17.6. The van der Waals surface area contributed by atoms with Gasteiger partial charge < -0.3 is 0 Å². The third-order valence-corrected chi connectivity index (χ3v) is 11.9. The minimum absolute atomic E-state index is 0.155. The average molecular weight is 733 g/mol. The highest BCUT2D eigenvalue weighted by atomic mass is 31.2. The molecule has 0 spiro atoms. The van der Waals surface area contributed by atoms with Gasteiger partial charge in [0.05, 0.1) is 0 Å². The normalized spacial score (nSPS) is 16.1. The SMILES string of the molecule is CC(C)(C)c1cc(O[P+](O)(F)c2c(C(C)(C)C)cccc2C(C)(C)C)c(C(C)(C)C)cc1O[P+](O)(F)c1c(C(C)(C)C)cccc1C(C)(C)C. The average Bonchev–Trinajstić information content (AvgIpc) is 2.89. The molecule has 0 radical (unpaired) electrons. The Balaban J connectivity index is 2.38. The zero-order chi connectivity index (χ0) is 38.8. The maximum absolute atomic E-state index is 17.3. The van der Waals surface area contributed by atoms with Gasteiger partial charge in [0.15, 0.2) is 11.5 Å². The van der Waals surface area contributed by atoms with Gasteiger partial charge in [-0.1, -0.05) is 161 Å². The van der Waals surface area contributed by atoms with Crippen molar-refractivity contribution in [3.63, 3.8) is 0 Å². The largest absolute Gasteiger partial charge is 0.542 e. The minimum atomic E-state index is -4.77. The summed E-state index contributed by atoms with van der Waals surface area (Å²) < 4.78 is 47.1. The molecule has 0 aromatic heterocycles. The molecule has 0 bridgehead atoms. The highest BCUT2D eigenvalue weighted by Crippen LogP contribution is 2.63. The molecular formula is C42H64F2O4P2+2. The fourth-order valence-corrected chi connectivity index (χ4v) is 10.2. The Morgan fingerprint density at radius 2 is 0.600 bits per heavy atom. The standard InChI is InChI=1S/C42H64F2O4P2/c1-37(2,3)27-21-19-22-28(38(4,5)6)35(27)49(43,45)47-33-25-32(42(16,17)18)34(26-31(33)41(13,14)15)48-50(44,46)36-29(39(7,8)9)23-20-24-30(36)40(10,11)12/h19-26,45-46H,1-18H3/q+2. The molecule has 50 heavy (non-hydrogen) atoms. The van der Waals surface area contributed by atoms with E-state index in [1.807, 2.05) is 161 Å². The first-order chi connectivity index (χ1) is 22.1. The predicted octanol–water partition coefficient (Wildman–Crippen LogP) is 12.3. The number of hydrogen-bond donors (Lipinski definition) is 2. The molecule has 2 atom stereocenters. The second kappa shape index (κ2) is 13.4. The van der Waals surface area contributed by atoms with Crippen LogP contribution >= 0.6 is 16.1 Å². The number of halogens is 2. The minimum Gasteiger partial charge on any atom is -0.276 e. The zero-order valence-electron chi connectivity index (χ0n) is 34.0. The van der Waals surface area contributed by atoms with E-state index in [0.717, 1.165) is 0 Å². The fraction of sp³-hybridized carbons (Fsp3) is 0.571. The molecule has 3 aromatic carbocycles. The Morgan fingerprint density at radius 3 is 0.780 bits per heavy atom. The van der Waals surface area contributed by atoms with E-state index in [1.54, 1.807) is 12.1 Å². The fourth-order valence-electron chi connectivity index (χ4n) is 6.34. The lowest BCUT2D eigenvalue weighted by Gasteiger charge is -2.31. The molecular weight excluding hydrogens is 668 g/mol. The summed E-state index contributed by atoms with van der Waals surface area (Å²) in [6, 6.07) is 14.6. The van der Waals surface area contributed by atoms with Gasteiger partial charge in [-0.3, -0.25) is 9.05 Å². The van der Waals surface area contributed by atoms with Gasteiger partial charge in [-0.25, -0.2) is 0 Å². The zero-order valence-corrected chi connectivity index (χ0v) is 35.8. The monoisotopic (exact) mass is 732 g/mol. The van der Waals surface area contributed by atoms with Crippen LogP contribution in [0, 0.1) is 0 Å². The molecule has 3 aromatic rings. The van der Waals surface area contributed by atoms with Crippen LogP contribution in [0.25, 0.3) is 0 Å². The summed E-state index contributed by atoms with van der Waals surface area (Å²) in [5, 5.41) is 0.380. The third kappa shape index (κ3) is 9.27. The van der Waals surface area contributed by atoms with Gasteiger partial charge >= 0.3 is 16.1 Å². The quantitative estimate of drug-likeness (QED) is 0.248. The van der Waals surface area contributed by atoms with E-state index < -0.39 is 48.5 Å². The smallest absolute Gasteiger partial charge is 0.276 e. The van der Waals surface area contributed by atoms with Crippen molar-refractivity contribution in [2.75, 3.05) is 0 Å². The molecule has 0 fully saturated rings. The molecule has 0 aliphatic carbocycles. The van der Waals surface area contributed by atoms with Crippen LogP contribution in [0.3, 0.4) is 0 Å². The Kier molecular flexibility index (Phi) is 11.3. The summed E-state index contributed by atoms with van der Waals surface area (Å²) in [6.45, 7) is 35.6. The molecule has 2 N–H and O–H groups in total. The summed E-state index contributed by atoms with van der Waals surface area (Å²) in [6.07, 6.45) is 0. The number of rotatable bonds is 6.